The Labute approximate surface area is 812 Å². The summed E-state index contributed by atoms with van der Waals surface area (Å²) in [5.74, 6) is 3.59. The van der Waals surface area contributed by atoms with Gasteiger partial charge in [0.2, 0.25) is 11.4 Å². The lowest BCUT2D eigenvalue weighted by Crippen LogP contribution is -2.31. The predicted molar refractivity (Wildman–Crippen MR) is 576 cm³/mol. The van der Waals surface area contributed by atoms with Gasteiger partial charge < -0.3 is 0 Å². The molecule has 8 heterocycles. The first-order valence-corrected chi connectivity index (χ1v) is 47.9. The second-order valence-electron chi connectivity index (χ2n) is 38.1. The van der Waals surface area contributed by atoms with Crippen molar-refractivity contribution < 1.29 is 22.8 Å². The number of hydrogen-bond acceptors (Lipinski definition) is 5. The van der Waals surface area contributed by atoms with Crippen LogP contribution in [0.5, 0.6) is 0 Å². The van der Waals surface area contributed by atoms with Crippen LogP contribution in [-0.4, -0.2) is 38.6 Å². The highest BCUT2D eigenvalue weighted by Crippen LogP contribution is 2.41. The van der Waals surface area contributed by atoms with Gasteiger partial charge in [0.1, 0.15) is 62.3 Å². The number of aryl methyl sites for hydroxylation is 20. The average molecular weight is 1810 g/mol. The van der Waals surface area contributed by atoms with E-state index >= 15 is 0 Å². The van der Waals surface area contributed by atoms with E-state index in [4.69, 9.17) is 4.98 Å². The topological polar surface area (TPSA) is 98.6 Å². The van der Waals surface area contributed by atoms with E-state index in [1.54, 1.807) is 18.7 Å². The van der Waals surface area contributed by atoms with Crippen LogP contribution in [0.2, 0.25) is 0 Å². The number of hydrogen-bond donors (Lipinski definition) is 0. The maximum atomic E-state index is 4.71. The summed E-state index contributed by atoms with van der Waals surface area (Å²) in [4.78, 5) is 22.3. The van der Waals surface area contributed by atoms with Gasteiger partial charge in [0.05, 0.1) is 59.9 Å². The molecule has 0 unspecified atom stereocenters. The summed E-state index contributed by atoms with van der Waals surface area (Å²) in [5, 5.41) is 19.8. The SMILES string of the molecule is Cc1cc(-c2cc3c(ccc4cncnc43)cc2C)[n+](C)cc1C.Cc1cc(-c2cc3c(ccc4nccnc43)cc2C)[n+](C)cc1C.Cc1cc2ccc3ccccc3c2cc1-c1n(-c2c(C)cccc2C)c2ccccc2[n+]1C.Cc1cc2ccc3ccccc3c2cc1-c1n(-c2c(C)cccc2C)cc[n+]1C.Cc1cc2ncc3ccccc3c2cc1-c1n(-c2c(C)cccc2C)cc[n+]1C. The molecule has 0 aliphatic rings. The van der Waals surface area contributed by atoms with Crippen molar-refractivity contribution in [3.63, 3.8) is 0 Å². The third-order valence-corrected chi connectivity index (χ3v) is 28.6. The Morgan fingerprint density at radius 3 is 1.16 bits per heavy atom. The van der Waals surface area contributed by atoms with E-state index in [-0.39, 0.29) is 0 Å². The molecule has 8 aromatic heterocycles. The third-order valence-electron chi connectivity index (χ3n) is 28.6. The fourth-order valence-corrected chi connectivity index (χ4v) is 21.1. The highest BCUT2D eigenvalue weighted by molar-refractivity contribution is 6.12. The Bertz CT molecular complexity index is 8640. The molecule has 0 saturated carbocycles. The summed E-state index contributed by atoms with van der Waals surface area (Å²) in [5.41, 5.74) is 38.1. The monoisotopic (exact) mass is 1810 g/mol. The second-order valence-corrected chi connectivity index (χ2v) is 38.1. The molecule has 24 rings (SSSR count). The molecule has 139 heavy (non-hydrogen) atoms. The zero-order chi connectivity index (χ0) is 96.6. The smallest absolute Gasteiger partial charge is 0.256 e. The van der Waals surface area contributed by atoms with Crippen LogP contribution < -0.4 is 22.8 Å². The molecule has 0 aliphatic carbocycles. The van der Waals surface area contributed by atoms with Gasteiger partial charge in [0.15, 0.2) is 23.4 Å². The number of para-hydroxylation sites is 5. The largest absolute Gasteiger partial charge is 0.295 e. The first kappa shape index (κ1) is 90.4. The van der Waals surface area contributed by atoms with Gasteiger partial charge in [-0.3, -0.25) is 15.0 Å². The van der Waals surface area contributed by atoms with Crippen molar-refractivity contribution in [1.29, 1.82) is 0 Å². The number of benzene rings is 16. The molecule has 0 N–H and O–H groups in total. The molecule has 0 amide bonds. The molecule has 0 radical (unpaired) electrons. The van der Waals surface area contributed by atoms with Crippen molar-refractivity contribution in [2.45, 2.75) is 104 Å². The van der Waals surface area contributed by atoms with Crippen LogP contribution in [0, 0.1) is 104 Å². The Morgan fingerprint density at radius 1 is 0.245 bits per heavy atom. The number of nitrogens with zero attached hydrogens (tertiary/aromatic N) is 13. The van der Waals surface area contributed by atoms with Gasteiger partial charge in [-0.2, -0.15) is 13.7 Å². The summed E-state index contributed by atoms with van der Waals surface area (Å²) in [7, 11) is 10.6. The average Bonchev–Trinajstić information content (AvgIpc) is 1.60. The van der Waals surface area contributed by atoms with Gasteiger partial charge in [-0.15, -0.1) is 0 Å². The van der Waals surface area contributed by atoms with Crippen LogP contribution in [-0.2, 0) is 35.2 Å². The maximum absolute atomic E-state index is 4.71. The van der Waals surface area contributed by atoms with Crippen molar-refractivity contribution in [1.82, 2.24) is 38.6 Å². The lowest BCUT2D eigenvalue weighted by Gasteiger charge is -2.12. The van der Waals surface area contributed by atoms with E-state index in [1.807, 2.05) is 18.5 Å². The molecule has 13 nitrogen and oxygen atoms in total. The predicted octanol–water partition coefficient (Wildman–Crippen LogP) is 27.5. The summed E-state index contributed by atoms with van der Waals surface area (Å²) in [6.07, 6.45) is 22.0. The second kappa shape index (κ2) is 37.0. The summed E-state index contributed by atoms with van der Waals surface area (Å²) in [6, 6.07) is 98.9. The highest BCUT2D eigenvalue weighted by Gasteiger charge is 2.32. The molecule has 680 valence electrons. The molecule has 16 aromatic carbocycles. The maximum Gasteiger partial charge on any atom is 0.295 e. The normalized spacial score (nSPS) is 11.5. The number of fused-ring (bicyclic) bond motifs is 16. The van der Waals surface area contributed by atoms with E-state index in [1.165, 1.54) is 244 Å². The van der Waals surface area contributed by atoms with E-state index in [0.717, 1.165) is 32.8 Å². The summed E-state index contributed by atoms with van der Waals surface area (Å²) >= 11 is 0. The lowest BCUT2D eigenvalue weighted by molar-refractivity contribution is -0.660. The molecule has 0 fully saturated rings. The van der Waals surface area contributed by atoms with E-state index in [0.29, 0.717) is 0 Å². The molecular weight excluding hydrogens is 1700 g/mol. The molecule has 0 bridgehead atoms. The quantitative estimate of drug-likeness (QED) is 0.111. The Kier molecular flexibility index (Phi) is 24.1. The van der Waals surface area contributed by atoms with E-state index in [9.17, 15) is 0 Å². The van der Waals surface area contributed by atoms with Crippen molar-refractivity contribution in [2.75, 3.05) is 0 Å². The first-order chi connectivity index (χ1) is 67.2. The first-order valence-electron chi connectivity index (χ1n) is 47.9. The number of rotatable bonds is 8. The van der Waals surface area contributed by atoms with E-state index in [2.05, 4.69) is 500 Å². The van der Waals surface area contributed by atoms with Crippen molar-refractivity contribution in [3.05, 3.63) is 425 Å². The molecule has 0 saturated heterocycles. The zero-order valence-corrected chi connectivity index (χ0v) is 83.1. The van der Waals surface area contributed by atoms with Crippen LogP contribution in [0.1, 0.15) is 83.5 Å². The number of aromatic nitrogens is 13. The Hall–Kier alpha value is -16.4. The fraction of sp³-hybridized carbons (Fsp3) is 0.159. The van der Waals surface area contributed by atoms with Crippen LogP contribution in [0.25, 0.3) is 193 Å². The van der Waals surface area contributed by atoms with Crippen molar-refractivity contribution in [2.24, 2.45) is 35.2 Å². The van der Waals surface area contributed by atoms with Crippen LogP contribution in [0.3, 0.4) is 0 Å². The van der Waals surface area contributed by atoms with Gasteiger partial charge in [0.25, 0.3) is 17.5 Å². The minimum atomic E-state index is 0.935. The fourth-order valence-electron chi connectivity index (χ4n) is 21.1. The van der Waals surface area contributed by atoms with Gasteiger partial charge in [-0.1, -0.05) is 206 Å². The minimum absolute atomic E-state index is 0.935. The molecule has 0 atom stereocenters. The summed E-state index contributed by atoms with van der Waals surface area (Å²) < 4.78 is 18.3. The molecule has 24 aromatic rings. The lowest BCUT2D eigenvalue weighted by atomic mass is 9.96. The number of imidazole rings is 3. The molecular formula is C126H116N13+5. The standard InChI is InChI=1S/C31H27N2.C27H25N2.C26H24N3.2C21H20N3/c1-20-10-9-11-21(2)30(20)33-29-15-8-7-14-28(29)32(4)31(33)26-19-27-24(18-22(26)3)17-16-23-12-5-6-13-25(23)27;1-18-8-7-9-19(2)26(18)29-15-14-28(4)27(29)24-17-25-22(16-20(24)3)13-12-21-10-5-6-11-23(21)25;1-17-8-7-9-18(2)25(17)29-13-12-28(4)26(29)22-15-23-21-11-6-5-10-20(21)16-27-24(23)14-19(22)3;1-13-8-20(24(4)11-15(13)3)18-9-19-16(7-14(18)2)5-6-17-10-22-12-23-21(17)19;1-13-10-20(24(4)12-15(13)3)17-11-18-16(9-14(17)2)5-6-19-21(18)23-8-7-22-19/h5-19H,1-4H3;5-17H,1-4H3;5-16H,1-4H3;2*5-12H,1-4H3/q5*+1. The zero-order valence-electron chi connectivity index (χ0n) is 83.1. The van der Waals surface area contributed by atoms with E-state index < -0.39 is 0 Å². The van der Waals surface area contributed by atoms with Crippen molar-refractivity contribution in [3.8, 4) is 73.7 Å². The Morgan fingerprint density at radius 2 is 0.640 bits per heavy atom. The molecule has 0 aliphatic heterocycles. The minimum Gasteiger partial charge on any atom is -0.256 e. The number of pyridine rings is 3. The van der Waals surface area contributed by atoms with Crippen LogP contribution in [0.15, 0.2) is 341 Å². The molecule has 13 heteroatoms. The van der Waals surface area contributed by atoms with Crippen molar-refractivity contribution >= 4 is 119 Å². The van der Waals surface area contributed by atoms with Gasteiger partial charge in [-0.05, 0) is 290 Å². The van der Waals surface area contributed by atoms with Crippen LogP contribution >= 0.6 is 0 Å². The van der Waals surface area contributed by atoms with Gasteiger partial charge >= 0.3 is 0 Å². The van der Waals surface area contributed by atoms with Crippen LogP contribution in [0.4, 0.5) is 0 Å². The summed E-state index contributed by atoms with van der Waals surface area (Å²) in [6.45, 7) is 32.7. The third kappa shape index (κ3) is 16.7. The highest BCUT2D eigenvalue weighted by atomic mass is 15.2. The van der Waals surface area contributed by atoms with Gasteiger partial charge in [-0.25, -0.2) is 32.8 Å². The molecule has 0 spiro atoms. The van der Waals surface area contributed by atoms with Gasteiger partial charge in [0, 0.05) is 86.1 Å². The Balaban J connectivity index is 0.000000107.